The van der Waals surface area contributed by atoms with Crippen molar-refractivity contribution in [1.29, 1.82) is 0 Å². The third kappa shape index (κ3) is 5.30. The normalized spacial score (nSPS) is 9.11. The molecule has 3 nitrogen and oxygen atoms in total. The van der Waals surface area contributed by atoms with Crippen LogP contribution in [-0.2, 0) is 4.79 Å². The second-order valence-electron chi connectivity index (χ2n) is 1.92. The van der Waals surface area contributed by atoms with Gasteiger partial charge in [-0.25, -0.2) is 5.06 Å². The molecule has 0 unspecified atom stereocenters. The summed E-state index contributed by atoms with van der Waals surface area (Å²) in [6, 6.07) is 0. The molecule has 0 aliphatic heterocycles. The number of hydrogen-bond acceptors (Lipinski definition) is 2. The van der Waals surface area contributed by atoms with Crippen molar-refractivity contribution in [1.82, 2.24) is 5.06 Å². The van der Waals surface area contributed by atoms with Crippen LogP contribution in [-0.4, -0.2) is 23.2 Å². The molecule has 0 fully saturated rings. The van der Waals surface area contributed by atoms with Gasteiger partial charge in [0, 0.05) is 6.54 Å². The van der Waals surface area contributed by atoms with E-state index in [0.29, 0.717) is 11.6 Å². The number of amides is 1. The molecule has 0 rings (SSSR count). The van der Waals surface area contributed by atoms with E-state index < -0.39 is 0 Å². The van der Waals surface area contributed by atoms with E-state index in [1.165, 1.54) is 6.41 Å². The van der Waals surface area contributed by atoms with Crippen LogP contribution >= 0.6 is 0 Å². The summed E-state index contributed by atoms with van der Waals surface area (Å²) in [6.07, 6.45) is 4.34. The molecule has 1 radical (unpaired) electrons. The van der Waals surface area contributed by atoms with Crippen LogP contribution in [0.3, 0.4) is 0 Å². The Morgan fingerprint density at radius 2 is 2.22 bits per heavy atom. The first-order valence-electron chi connectivity index (χ1n) is 3.15. The zero-order valence-corrected chi connectivity index (χ0v) is 5.63. The summed E-state index contributed by atoms with van der Waals surface area (Å²) >= 11 is 0. The first kappa shape index (κ1) is 8.43. The maximum absolute atomic E-state index is 9.65. The van der Waals surface area contributed by atoms with Crippen LogP contribution < -0.4 is 0 Å². The Morgan fingerprint density at radius 1 is 1.56 bits per heavy atom. The fourth-order valence-corrected chi connectivity index (χ4v) is 0.557. The van der Waals surface area contributed by atoms with Crippen LogP contribution in [0.2, 0.25) is 0 Å². The fourth-order valence-electron chi connectivity index (χ4n) is 0.557. The minimum Gasteiger partial charge on any atom is -0.285 e. The van der Waals surface area contributed by atoms with Gasteiger partial charge in [-0.1, -0.05) is 19.8 Å². The Kier molecular flexibility index (Phi) is 5.21. The van der Waals surface area contributed by atoms with Gasteiger partial charge in [-0.15, -0.1) is 0 Å². The lowest BCUT2D eigenvalue weighted by atomic mass is 10.2. The van der Waals surface area contributed by atoms with E-state index in [2.05, 4.69) is 6.92 Å². The molecule has 9 heavy (non-hydrogen) atoms. The van der Waals surface area contributed by atoms with Crippen molar-refractivity contribution < 1.29 is 10.0 Å². The zero-order chi connectivity index (χ0) is 7.11. The van der Waals surface area contributed by atoms with Gasteiger partial charge in [0.05, 0.1) is 0 Å². The Bertz CT molecular complexity index is 75.5. The highest BCUT2D eigenvalue weighted by Gasteiger charge is 1.93. The van der Waals surface area contributed by atoms with Crippen molar-refractivity contribution in [3.8, 4) is 0 Å². The SMILES string of the molecule is CCCCCN(O)[C]=O. The van der Waals surface area contributed by atoms with Gasteiger partial charge in [-0.05, 0) is 6.42 Å². The van der Waals surface area contributed by atoms with Gasteiger partial charge >= 0.3 is 6.41 Å². The summed E-state index contributed by atoms with van der Waals surface area (Å²) < 4.78 is 0. The number of hydrogen-bond donors (Lipinski definition) is 1. The van der Waals surface area contributed by atoms with Gasteiger partial charge in [-0.2, -0.15) is 0 Å². The van der Waals surface area contributed by atoms with Gasteiger partial charge in [0.15, 0.2) is 0 Å². The van der Waals surface area contributed by atoms with Gasteiger partial charge in [0.25, 0.3) is 0 Å². The van der Waals surface area contributed by atoms with E-state index in [4.69, 9.17) is 5.21 Å². The topological polar surface area (TPSA) is 40.5 Å². The molecule has 0 aliphatic carbocycles. The van der Waals surface area contributed by atoms with Crippen LogP contribution in [0.4, 0.5) is 0 Å². The van der Waals surface area contributed by atoms with Gasteiger partial charge in [-0.3, -0.25) is 10.0 Å². The standard InChI is InChI=1S/C6H12NO2/c1-2-3-4-5-7(9)6-8/h9H,2-5H2,1H3. The average molecular weight is 130 g/mol. The molecule has 0 saturated carbocycles. The summed E-state index contributed by atoms with van der Waals surface area (Å²) in [4.78, 5) is 9.65. The summed E-state index contributed by atoms with van der Waals surface area (Å²) in [7, 11) is 0. The monoisotopic (exact) mass is 130 g/mol. The van der Waals surface area contributed by atoms with E-state index in [0.717, 1.165) is 19.3 Å². The van der Waals surface area contributed by atoms with E-state index in [9.17, 15) is 4.79 Å². The average Bonchev–Trinajstić information content (AvgIpc) is 1.89. The summed E-state index contributed by atoms with van der Waals surface area (Å²) in [5.74, 6) is 0. The van der Waals surface area contributed by atoms with Gasteiger partial charge in [0.2, 0.25) is 0 Å². The lowest BCUT2D eigenvalue weighted by Crippen LogP contribution is -2.17. The lowest BCUT2D eigenvalue weighted by molar-refractivity contribution is -0.0180. The molecule has 1 N–H and O–H groups in total. The van der Waals surface area contributed by atoms with Crippen LogP contribution in [0.15, 0.2) is 0 Å². The van der Waals surface area contributed by atoms with Crippen molar-refractivity contribution >= 4 is 6.41 Å². The molecule has 0 bridgehead atoms. The summed E-state index contributed by atoms with van der Waals surface area (Å²) in [5, 5.41) is 9.05. The molecule has 0 aromatic carbocycles. The smallest absolute Gasteiger partial charge is 0.285 e. The Balaban J connectivity index is 2.96. The van der Waals surface area contributed by atoms with Gasteiger partial charge < -0.3 is 0 Å². The molecule has 0 heterocycles. The second-order valence-corrected chi connectivity index (χ2v) is 1.92. The zero-order valence-electron chi connectivity index (χ0n) is 5.63. The first-order valence-corrected chi connectivity index (χ1v) is 3.15. The van der Waals surface area contributed by atoms with Crippen LogP contribution in [0, 0.1) is 0 Å². The minimum atomic E-state index is 0.400. The van der Waals surface area contributed by atoms with E-state index in [1.54, 1.807) is 0 Å². The minimum absolute atomic E-state index is 0.400. The molecule has 0 spiro atoms. The molecular formula is C6H12NO2. The summed E-state index contributed by atoms with van der Waals surface area (Å²) in [5.41, 5.74) is 0. The molecule has 0 saturated heterocycles. The van der Waals surface area contributed by atoms with Gasteiger partial charge in [0.1, 0.15) is 0 Å². The lowest BCUT2D eigenvalue weighted by Gasteiger charge is -2.04. The van der Waals surface area contributed by atoms with Crippen molar-refractivity contribution in [2.45, 2.75) is 26.2 Å². The van der Waals surface area contributed by atoms with E-state index >= 15 is 0 Å². The van der Waals surface area contributed by atoms with Crippen LogP contribution in [0.1, 0.15) is 26.2 Å². The Morgan fingerprint density at radius 3 is 2.67 bits per heavy atom. The number of carbonyl (C=O) groups excluding carboxylic acids is 1. The molecule has 0 atom stereocenters. The molecule has 0 aliphatic rings. The molecule has 0 aromatic heterocycles. The highest BCUT2D eigenvalue weighted by molar-refractivity contribution is 5.45. The highest BCUT2D eigenvalue weighted by atomic mass is 16.5. The highest BCUT2D eigenvalue weighted by Crippen LogP contribution is 1.93. The maximum Gasteiger partial charge on any atom is 0.337 e. The van der Waals surface area contributed by atoms with Crippen LogP contribution in [0.25, 0.3) is 0 Å². The van der Waals surface area contributed by atoms with Crippen molar-refractivity contribution in [3.63, 3.8) is 0 Å². The molecule has 3 heteroatoms. The number of hydroxylamine groups is 2. The third-order valence-electron chi connectivity index (χ3n) is 1.08. The van der Waals surface area contributed by atoms with Crippen molar-refractivity contribution in [3.05, 3.63) is 0 Å². The quantitative estimate of drug-likeness (QED) is 0.260. The number of nitrogens with zero attached hydrogens (tertiary/aromatic N) is 1. The molecular weight excluding hydrogens is 118 g/mol. The fraction of sp³-hybridized carbons (Fsp3) is 0.833. The largest absolute Gasteiger partial charge is 0.337 e. The van der Waals surface area contributed by atoms with Crippen molar-refractivity contribution in [2.75, 3.05) is 6.54 Å². The Hall–Kier alpha value is -0.570. The molecule has 1 amide bonds. The predicted molar refractivity (Wildman–Crippen MR) is 33.7 cm³/mol. The van der Waals surface area contributed by atoms with Crippen LogP contribution in [0.5, 0.6) is 0 Å². The van der Waals surface area contributed by atoms with E-state index in [1.807, 2.05) is 0 Å². The predicted octanol–water partition coefficient (Wildman–Crippen LogP) is 0.935. The maximum atomic E-state index is 9.65. The van der Waals surface area contributed by atoms with Crippen molar-refractivity contribution in [2.24, 2.45) is 0 Å². The number of unbranched alkanes of at least 4 members (excludes halogenated alkanes) is 2. The van der Waals surface area contributed by atoms with E-state index in [-0.39, 0.29) is 0 Å². The number of rotatable bonds is 5. The molecule has 0 aromatic rings. The second kappa shape index (κ2) is 5.56. The third-order valence-corrected chi connectivity index (χ3v) is 1.08. The summed E-state index contributed by atoms with van der Waals surface area (Å²) in [6.45, 7) is 2.46. The first-order chi connectivity index (χ1) is 4.31. The Labute approximate surface area is 55.2 Å². The molecule has 53 valence electrons.